The highest BCUT2D eigenvalue weighted by atomic mass is 19.4. The Morgan fingerprint density at radius 1 is 0.893 bits per heavy atom. The topological polar surface area (TPSA) is 20.9 Å². The highest BCUT2D eigenvalue weighted by Gasteiger charge is 2.37. The summed E-state index contributed by atoms with van der Waals surface area (Å²) in [6.07, 6.45) is -8.45. The largest absolute Gasteiger partial charge is 0.416 e. The van der Waals surface area contributed by atoms with Gasteiger partial charge in [-0.3, -0.25) is 4.79 Å². The van der Waals surface area contributed by atoms with E-state index in [1.54, 1.807) is 30.5 Å². The Morgan fingerprint density at radius 2 is 1.50 bits per heavy atom. The fourth-order valence-electron chi connectivity index (χ4n) is 2.90. The zero-order chi connectivity index (χ0) is 20.7. The number of benzene rings is 2. The molecular weight excluding hydrogens is 384 g/mol. The van der Waals surface area contributed by atoms with Crippen LogP contribution in [0.3, 0.4) is 0 Å². The Hall–Kier alpha value is -2.90. The van der Waals surface area contributed by atoms with Gasteiger partial charge in [-0.05, 0) is 37.3 Å². The summed E-state index contributed by atoms with van der Waals surface area (Å²) < 4.78 is 79.4. The molecule has 0 aliphatic rings. The molecule has 3 rings (SSSR count). The van der Waals surface area contributed by atoms with Crippen molar-refractivity contribution < 1.29 is 35.7 Å². The number of aromatic nitrogens is 1. The lowest BCUT2D eigenvalue weighted by molar-refractivity contribution is -0.657. The van der Waals surface area contributed by atoms with Crippen molar-refractivity contribution in [3.63, 3.8) is 0 Å². The fraction of sp³-hybridized carbons (Fsp3) is 0.200. The molecule has 0 aliphatic heterocycles. The number of hydrogen-bond donors (Lipinski definition) is 0. The summed E-state index contributed by atoms with van der Waals surface area (Å²) in [5.41, 5.74) is -2.04. The van der Waals surface area contributed by atoms with Gasteiger partial charge in [0.25, 0.3) is 0 Å². The van der Waals surface area contributed by atoms with E-state index in [1.165, 1.54) is 4.57 Å². The van der Waals surface area contributed by atoms with E-state index < -0.39 is 34.8 Å². The molecule has 1 aromatic heterocycles. The lowest BCUT2D eigenvalue weighted by Gasteiger charge is -2.13. The number of Topliss-reactive ketones (excluding diaryl/α,β-unsaturated/α-hetero) is 1. The standard InChI is InChI=1S/C20H14F6NO/c1-12-4-5-17-13(7-12)3-2-6-27(17)11-18(28)14-8-15(19(21,22)23)10-16(9-14)20(24,25)26/h2-10H,11H2,1H3/q+1. The molecule has 1 heterocycles. The maximum absolute atomic E-state index is 13.0. The van der Waals surface area contributed by atoms with E-state index in [0.29, 0.717) is 17.6 Å². The molecule has 0 radical (unpaired) electrons. The molecule has 3 aromatic rings. The predicted molar refractivity (Wildman–Crippen MR) is 89.7 cm³/mol. The number of ketones is 1. The van der Waals surface area contributed by atoms with Crippen LogP contribution in [-0.4, -0.2) is 5.78 Å². The first-order valence-corrected chi connectivity index (χ1v) is 8.17. The first-order chi connectivity index (χ1) is 12.9. The molecular formula is C20H14F6NO+. The van der Waals surface area contributed by atoms with Crippen molar-refractivity contribution in [2.75, 3.05) is 0 Å². The number of carbonyl (C=O) groups excluding carboxylic acids is 1. The highest BCUT2D eigenvalue weighted by molar-refractivity contribution is 5.95. The molecule has 0 N–H and O–H groups in total. The van der Waals surface area contributed by atoms with Crippen molar-refractivity contribution in [3.05, 3.63) is 77.0 Å². The normalized spacial score (nSPS) is 12.4. The van der Waals surface area contributed by atoms with Gasteiger partial charge in [0.15, 0.2) is 6.20 Å². The highest BCUT2D eigenvalue weighted by Crippen LogP contribution is 2.36. The second-order valence-corrected chi connectivity index (χ2v) is 6.42. The quantitative estimate of drug-likeness (QED) is 0.331. The maximum atomic E-state index is 13.0. The summed E-state index contributed by atoms with van der Waals surface area (Å²) in [7, 11) is 0. The van der Waals surface area contributed by atoms with Gasteiger partial charge in [0.1, 0.15) is 0 Å². The van der Waals surface area contributed by atoms with Gasteiger partial charge in [-0.2, -0.15) is 30.9 Å². The number of halogens is 6. The molecule has 0 spiro atoms. The Kier molecular flexibility index (Phi) is 4.91. The number of fused-ring (bicyclic) bond motifs is 1. The molecule has 0 saturated heterocycles. The number of rotatable bonds is 3. The van der Waals surface area contributed by atoms with Crippen LogP contribution in [0.25, 0.3) is 10.9 Å². The lowest BCUT2D eigenvalue weighted by atomic mass is 10.0. The smallest absolute Gasteiger partial charge is 0.287 e. The number of nitrogens with zero attached hydrogens (tertiary/aromatic N) is 1. The number of pyridine rings is 1. The molecule has 0 atom stereocenters. The van der Waals surface area contributed by atoms with Crippen LogP contribution < -0.4 is 4.57 Å². The maximum Gasteiger partial charge on any atom is 0.416 e. The van der Waals surface area contributed by atoms with E-state index in [-0.39, 0.29) is 12.6 Å². The van der Waals surface area contributed by atoms with Crippen LogP contribution in [0.2, 0.25) is 0 Å². The van der Waals surface area contributed by atoms with Crippen molar-refractivity contribution in [2.45, 2.75) is 25.8 Å². The van der Waals surface area contributed by atoms with Crippen LogP contribution >= 0.6 is 0 Å². The molecule has 0 amide bonds. The molecule has 2 nitrogen and oxygen atoms in total. The fourth-order valence-corrected chi connectivity index (χ4v) is 2.90. The van der Waals surface area contributed by atoms with E-state index in [0.717, 1.165) is 10.9 Å². The zero-order valence-corrected chi connectivity index (χ0v) is 14.5. The SMILES string of the molecule is Cc1ccc2c(ccc[n+]2CC(=O)c2cc(C(F)(F)F)cc(C(F)(F)F)c2)c1. The minimum Gasteiger partial charge on any atom is -0.287 e. The van der Waals surface area contributed by atoms with Crippen molar-refractivity contribution in [1.82, 2.24) is 0 Å². The Morgan fingerprint density at radius 3 is 2.07 bits per heavy atom. The Balaban J connectivity index is 2.03. The third-order valence-corrected chi connectivity index (χ3v) is 4.26. The first kappa shape index (κ1) is 19.9. The van der Waals surface area contributed by atoms with Gasteiger partial charge in [-0.1, -0.05) is 11.6 Å². The summed E-state index contributed by atoms with van der Waals surface area (Å²) in [5, 5.41) is 0.801. The Labute approximate surface area is 156 Å². The molecule has 2 aromatic carbocycles. The van der Waals surface area contributed by atoms with E-state index in [4.69, 9.17) is 0 Å². The van der Waals surface area contributed by atoms with Gasteiger partial charge in [0, 0.05) is 23.1 Å². The van der Waals surface area contributed by atoms with Gasteiger partial charge in [-0.15, -0.1) is 0 Å². The van der Waals surface area contributed by atoms with Gasteiger partial charge in [-0.25, -0.2) is 0 Å². The Bertz CT molecular complexity index is 1020. The van der Waals surface area contributed by atoms with Crippen molar-refractivity contribution in [2.24, 2.45) is 0 Å². The van der Waals surface area contributed by atoms with Crippen LogP contribution in [0.15, 0.2) is 54.7 Å². The average molecular weight is 398 g/mol. The molecule has 28 heavy (non-hydrogen) atoms. The van der Waals surface area contributed by atoms with Crippen LogP contribution in [0, 0.1) is 6.92 Å². The number of alkyl halides is 6. The van der Waals surface area contributed by atoms with Gasteiger partial charge >= 0.3 is 12.4 Å². The molecule has 0 aliphatic carbocycles. The molecule has 0 saturated carbocycles. The molecule has 146 valence electrons. The number of hydrogen-bond acceptors (Lipinski definition) is 1. The van der Waals surface area contributed by atoms with Crippen molar-refractivity contribution >= 4 is 16.7 Å². The van der Waals surface area contributed by atoms with Crippen molar-refractivity contribution in [3.8, 4) is 0 Å². The third kappa shape index (κ3) is 4.16. The van der Waals surface area contributed by atoms with Crippen LogP contribution in [0.1, 0.15) is 27.0 Å². The first-order valence-electron chi connectivity index (χ1n) is 8.17. The molecule has 0 fully saturated rings. The minimum absolute atomic E-state index is 0.00458. The average Bonchev–Trinajstić information content (AvgIpc) is 2.59. The summed E-state index contributed by atoms with van der Waals surface area (Å²) in [5.74, 6) is -0.852. The second kappa shape index (κ2) is 6.92. The summed E-state index contributed by atoms with van der Waals surface area (Å²) in [6.45, 7) is 1.49. The van der Waals surface area contributed by atoms with E-state index in [1.807, 2.05) is 13.0 Å². The molecule has 0 bridgehead atoms. The van der Waals surface area contributed by atoms with Gasteiger partial charge < -0.3 is 0 Å². The summed E-state index contributed by atoms with van der Waals surface area (Å²) in [4.78, 5) is 12.5. The van der Waals surface area contributed by atoms with E-state index in [2.05, 4.69) is 0 Å². The summed E-state index contributed by atoms with van der Waals surface area (Å²) in [6, 6.07) is 9.77. The van der Waals surface area contributed by atoms with E-state index >= 15 is 0 Å². The van der Waals surface area contributed by atoms with Crippen LogP contribution in [0.4, 0.5) is 26.3 Å². The zero-order valence-electron chi connectivity index (χ0n) is 14.5. The van der Waals surface area contributed by atoms with Crippen LogP contribution in [-0.2, 0) is 18.9 Å². The third-order valence-electron chi connectivity index (χ3n) is 4.26. The monoisotopic (exact) mass is 398 g/mol. The molecule has 8 heteroatoms. The van der Waals surface area contributed by atoms with E-state index in [9.17, 15) is 31.1 Å². The van der Waals surface area contributed by atoms with Crippen molar-refractivity contribution in [1.29, 1.82) is 0 Å². The molecule has 0 unspecified atom stereocenters. The van der Waals surface area contributed by atoms with Crippen LogP contribution in [0.5, 0.6) is 0 Å². The second-order valence-electron chi connectivity index (χ2n) is 6.42. The van der Waals surface area contributed by atoms with Gasteiger partial charge in [0.05, 0.1) is 11.1 Å². The number of carbonyl (C=O) groups is 1. The predicted octanol–water partition coefficient (Wildman–Crippen LogP) is 5.36. The minimum atomic E-state index is -5.00. The number of aryl methyl sites for hydroxylation is 1. The summed E-state index contributed by atoms with van der Waals surface area (Å²) >= 11 is 0. The van der Waals surface area contributed by atoms with Gasteiger partial charge in [0.2, 0.25) is 17.8 Å². The lowest BCUT2D eigenvalue weighted by Crippen LogP contribution is -2.38.